The first-order chi connectivity index (χ1) is 12.5. The summed E-state index contributed by atoms with van der Waals surface area (Å²) in [6.07, 6.45) is 0.699. The molecule has 0 aliphatic rings. The van der Waals surface area contributed by atoms with Crippen LogP contribution in [0.25, 0.3) is 0 Å². The number of hydrogen-bond donors (Lipinski definition) is 2. The molecule has 0 saturated carbocycles. The fourth-order valence-corrected chi connectivity index (χ4v) is 2.40. The lowest BCUT2D eigenvalue weighted by atomic mass is 10.1. The van der Waals surface area contributed by atoms with E-state index in [-0.39, 0.29) is 18.4 Å². The van der Waals surface area contributed by atoms with Crippen LogP contribution in [0.2, 0.25) is 0 Å². The highest BCUT2D eigenvalue weighted by atomic mass is 16.5. The summed E-state index contributed by atoms with van der Waals surface area (Å²) in [6, 6.07) is 13.3. The minimum Gasteiger partial charge on any atom is -0.494 e. The lowest BCUT2D eigenvalue weighted by Crippen LogP contribution is -2.37. The molecule has 0 bridgehead atoms. The van der Waals surface area contributed by atoms with Gasteiger partial charge in [-0.25, -0.2) is 0 Å². The van der Waals surface area contributed by atoms with Crippen LogP contribution in [0, 0.1) is 20.8 Å². The predicted octanol–water partition coefficient (Wildman–Crippen LogP) is 2.93. The summed E-state index contributed by atoms with van der Waals surface area (Å²) >= 11 is 0. The Kier molecular flexibility index (Phi) is 7.21. The van der Waals surface area contributed by atoms with Gasteiger partial charge in [0.15, 0.2) is 0 Å². The van der Waals surface area contributed by atoms with Crippen LogP contribution in [0.3, 0.4) is 0 Å². The lowest BCUT2D eigenvalue weighted by Gasteiger charge is -2.09. The maximum absolute atomic E-state index is 12.1. The Morgan fingerprint density at radius 2 is 1.77 bits per heavy atom. The average molecular weight is 354 g/mol. The predicted molar refractivity (Wildman–Crippen MR) is 103 cm³/mol. The lowest BCUT2D eigenvalue weighted by molar-refractivity contribution is -0.120. The Morgan fingerprint density at radius 3 is 2.50 bits per heavy atom. The first-order valence-electron chi connectivity index (χ1n) is 8.77. The molecule has 5 heteroatoms. The Labute approximate surface area is 154 Å². The maximum atomic E-state index is 12.1. The number of benzene rings is 2. The Bertz CT molecular complexity index is 772. The zero-order valence-electron chi connectivity index (χ0n) is 15.6. The van der Waals surface area contributed by atoms with Crippen LogP contribution in [-0.2, 0) is 4.79 Å². The highest BCUT2D eigenvalue weighted by molar-refractivity contribution is 5.96. The van der Waals surface area contributed by atoms with Gasteiger partial charge in [0.25, 0.3) is 5.91 Å². The third-order valence-corrected chi connectivity index (χ3v) is 4.08. The summed E-state index contributed by atoms with van der Waals surface area (Å²) in [6.45, 7) is 6.96. The molecule has 2 amide bonds. The van der Waals surface area contributed by atoms with E-state index in [9.17, 15) is 9.59 Å². The number of ether oxygens (including phenoxy) is 1. The molecule has 2 aromatic carbocycles. The van der Waals surface area contributed by atoms with Crippen molar-refractivity contribution in [2.24, 2.45) is 0 Å². The van der Waals surface area contributed by atoms with Gasteiger partial charge in [-0.05, 0) is 68.1 Å². The van der Waals surface area contributed by atoms with Crippen LogP contribution in [0.5, 0.6) is 5.75 Å². The van der Waals surface area contributed by atoms with Crippen LogP contribution in [0.15, 0.2) is 42.5 Å². The molecule has 138 valence electrons. The number of nitrogens with one attached hydrogen (secondary N) is 2. The average Bonchev–Trinajstić information content (AvgIpc) is 2.61. The molecule has 0 unspecified atom stereocenters. The fourth-order valence-electron chi connectivity index (χ4n) is 2.40. The minimum absolute atomic E-state index is 0.0372. The van der Waals surface area contributed by atoms with Gasteiger partial charge in [0, 0.05) is 12.1 Å². The number of aryl methyl sites for hydroxylation is 3. The molecule has 0 saturated heterocycles. The van der Waals surface area contributed by atoms with Crippen molar-refractivity contribution >= 4 is 11.8 Å². The van der Waals surface area contributed by atoms with E-state index >= 15 is 0 Å². The van der Waals surface area contributed by atoms with Crippen molar-refractivity contribution in [3.63, 3.8) is 0 Å². The molecular weight excluding hydrogens is 328 g/mol. The highest BCUT2D eigenvalue weighted by Gasteiger charge is 2.08. The Morgan fingerprint density at radius 1 is 0.962 bits per heavy atom. The molecule has 0 aliphatic carbocycles. The standard InChI is InChI=1S/C21H26N2O3/c1-15-6-4-7-19(12-15)26-11-5-10-22-20(24)14-23-21(25)18-9-8-16(2)17(3)13-18/h4,6-9,12-13H,5,10-11,14H2,1-3H3,(H,22,24)(H,23,25). The summed E-state index contributed by atoms with van der Waals surface area (Å²) in [5.41, 5.74) is 3.89. The Hall–Kier alpha value is -2.82. The van der Waals surface area contributed by atoms with Crippen molar-refractivity contribution < 1.29 is 14.3 Å². The second kappa shape index (κ2) is 9.61. The topological polar surface area (TPSA) is 67.4 Å². The zero-order valence-corrected chi connectivity index (χ0v) is 15.6. The van der Waals surface area contributed by atoms with E-state index in [2.05, 4.69) is 10.6 Å². The second-order valence-electron chi connectivity index (χ2n) is 6.35. The van der Waals surface area contributed by atoms with Crippen molar-refractivity contribution in [1.82, 2.24) is 10.6 Å². The van der Waals surface area contributed by atoms with Gasteiger partial charge in [0.2, 0.25) is 5.91 Å². The summed E-state index contributed by atoms with van der Waals surface area (Å²) in [5.74, 6) is 0.376. The monoisotopic (exact) mass is 354 g/mol. The number of hydrogen-bond acceptors (Lipinski definition) is 3. The number of amides is 2. The van der Waals surface area contributed by atoms with Crippen molar-refractivity contribution in [2.75, 3.05) is 19.7 Å². The fraction of sp³-hybridized carbons (Fsp3) is 0.333. The quantitative estimate of drug-likeness (QED) is 0.716. The molecule has 0 fully saturated rings. The van der Waals surface area contributed by atoms with Crippen LogP contribution in [-0.4, -0.2) is 31.5 Å². The normalized spacial score (nSPS) is 10.3. The molecule has 0 aliphatic heterocycles. The summed E-state index contributed by atoms with van der Waals surface area (Å²) in [7, 11) is 0. The maximum Gasteiger partial charge on any atom is 0.251 e. The van der Waals surface area contributed by atoms with Gasteiger partial charge in [0.05, 0.1) is 13.2 Å². The molecule has 2 aromatic rings. The van der Waals surface area contributed by atoms with Crippen LogP contribution >= 0.6 is 0 Å². The third-order valence-electron chi connectivity index (χ3n) is 4.08. The van der Waals surface area contributed by atoms with E-state index < -0.39 is 0 Å². The highest BCUT2D eigenvalue weighted by Crippen LogP contribution is 2.12. The largest absolute Gasteiger partial charge is 0.494 e. The van der Waals surface area contributed by atoms with Gasteiger partial charge in [-0.2, -0.15) is 0 Å². The van der Waals surface area contributed by atoms with Crippen molar-refractivity contribution in [3.05, 3.63) is 64.7 Å². The zero-order chi connectivity index (χ0) is 18.9. The van der Waals surface area contributed by atoms with Gasteiger partial charge >= 0.3 is 0 Å². The van der Waals surface area contributed by atoms with E-state index in [0.717, 1.165) is 22.4 Å². The molecular formula is C21H26N2O3. The van der Waals surface area contributed by atoms with Crippen molar-refractivity contribution in [2.45, 2.75) is 27.2 Å². The van der Waals surface area contributed by atoms with Crippen molar-refractivity contribution in [3.8, 4) is 5.75 Å². The summed E-state index contributed by atoms with van der Waals surface area (Å²) in [4.78, 5) is 23.9. The van der Waals surface area contributed by atoms with E-state index in [0.29, 0.717) is 25.1 Å². The number of rotatable bonds is 8. The molecule has 26 heavy (non-hydrogen) atoms. The van der Waals surface area contributed by atoms with Gasteiger partial charge in [0.1, 0.15) is 5.75 Å². The molecule has 0 heterocycles. The first-order valence-corrected chi connectivity index (χ1v) is 8.77. The molecule has 0 radical (unpaired) electrons. The Balaban J connectivity index is 1.62. The molecule has 0 spiro atoms. The first kappa shape index (κ1) is 19.5. The molecule has 2 rings (SSSR count). The van der Waals surface area contributed by atoms with E-state index in [1.807, 2.05) is 57.2 Å². The summed E-state index contributed by atoms with van der Waals surface area (Å²) in [5, 5.41) is 5.41. The van der Waals surface area contributed by atoms with Gasteiger partial charge in [-0.1, -0.05) is 18.2 Å². The molecule has 0 aromatic heterocycles. The van der Waals surface area contributed by atoms with Gasteiger partial charge in [-0.15, -0.1) is 0 Å². The van der Waals surface area contributed by atoms with E-state index in [1.165, 1.54) is 0 Å². The number of carbonyl (C=O) groups excluding carboxylic acids is 2. The van der Waals surface area contributed by atoms with E-state index in [4.69, 9.17) is 4.74 Å². The summed E-state index contributed by atoms with van der Waals surface area (Å²) < 4.78 is 5.62. The third kappa shape index (κ3) is 6.24. The minimum atomic E-state index is -0.244. The molecule has 2 N–H and O–H groups in total. The van der Waals surface area contributed by atoms with Gasteiger partial charge < -0.3 is 15.4 Å². The van der Waals surface area contributed by atoms with Crippen LogP contribution in [0.4, 0.5) is 0 Å². The van der Waals surface area contributed by atoms with Gasteiger partial charge in [-0.3, -0.25) is 9.59 Å². The van der Waals surface area contributed by atoms with Crippen LogP contribution < -0.4 is 15.4 Å². The SMILES string of the molecule is Cc1cccc(OCCCNC(=O)CNC(=O)c2ccc(C)c(C)c2)c1. The van der Waals surface area contributed by atoms with Crippen molar-refractivity contribution in [1.29, 1.82) is 0 Å². The molecule has 0 atom stereocenters. The molecule has 5 nitrogen and oxygen atoms in total. The second-order valence-corrected chi connectivity index (χ2v) is 6.35. The number of carbonyl (C=O) groups is 2. The van der Waals surface area contributed by atoms with Crippen LogP contribution in [0.1, 0.15) is 33.5 Å². The smallest absolute Gasteiger partial charge is 0.251 e. The van der Waals surface area contributed by atoms with E-state index in [1.54, 1.807) is 6.07 Å².